The van der Waals surface area contributed by atoms with E-state index in [1.165, 1.54) is 11.8 Å². The summed E-state index contributed by atoms with van der Waals surface area (Å²) in [6.45, 7) is 8.21. The second kappa shape index (κ2) is 9.92. The van der Waals surface area contributed by atoms with Crippen LogP contribution >= 0.6 is 11.8 Å². The van der Waals surface area contributed by atoms with Crippen LogP contribution in [0, 0.1) is 0 Å². The average Bonchev–Trinajstić information content (AvgIpc) is 2.84. The molecular weight excluding hydrogens is 414 g/mol. The number of ketones is 1. The van der Waals surface area contributed by atoms with Crippen LogP contribution in [0.2, 0.25) is 0 Å². The molecule has 3 nitrogen and oxygen atoms in total. The predicted octanol–water partition coefficient (Wildman–Crippen LogP) is 7.22. The molecule has 0 unspecified atom stereocenters. The van der Waals surface area contributed by atoms with Gasteiger partial charge < -0.3 is 9.64 Å². The van der Waals surface area contributed by atoms with Crippen LogP contribution in [-0.2, 0) is 0 Å². The molecule has 3 aromatic rings. The van der Waals surface area contributed by atoms with Crippen molar-refractivity contribution in [3.63, 3.8) is 0 Å². The Kier molecular flexibility index (Phi) is 6.81. The summed E-state index contributed by atoms with van der Waals surface area (Å²) in [6, 6.07) is 25.7. The Morgan fingerprint density at radius 3 is 2.22 bits per heavy atom. The number of anilines is 1. The molecular formula is C28H27NO2S. The van der Waals surface area contributed by atoms with Crippen LogP contribution in [0.5, 0.6) is 5.75 Å². The number of fused-ring (bicyclic) bond motifs is 1. The Balaban J connectivity index is 1.80. The van der Waals surface area contributed by atoms with Gasteiger partial charge in [0.2, 0.25) is 5.78 Å². The summed E-state index contributed by atoms with van der Waals surface area (Å²) in [4.78, 5) is 17.4. The first-order chi connectivity index (χ1) is 15.6. The van der Waals surface area contributed by atoms with Gasteiger partial charge in [0.25, 0.3) is 0 Å². The van der Waals surface area contributed by atoms with E-state index in [2.05, 4.69) is 43.9 Å². The number of allylic oxidation sites excluding steroid dienone is 3. The fourth-order valence-corrected chi connectivity index (χ4v) is 4.72. The minimum atomic E-state index is -0.0400. The number of hydrogen-bond acceptors (Lipinski definition) is 4. The summed E-state index contributed by atoms with van der Waals surface area (Å²) in [7, 11) is 0. The molecule has 0 bridgehead atoms. The highest BCUT2D eigenvalue weighted by Crippen LogP contribution is 2.40. The van der Waals surface area contributed by atoms with Gasteiger partial charge in [-0.2, -0.15) is 0 Å². The van der Waals surface area contributed by atoms with Gasteiger partial charge in [-0.15, -0.1) is 0 Å². The van der Waals surface area contributed by atoms with Gasteiger partial charge in [0, 0.05) is 40.9 Å². The molecule has 0 atom stereocenters. The zero-order chi connectivity index (χ0) is 22.5. The fraction of sp³-hybridized carbons (Fsp3) is 0.179. The lowest BCUT2D eigenvalue weighted by atomic mass is 10.0. The van der Waals surface area contributed by atoms with Gasteiger partial charge in [-0.05, 0) is 56.7 Å². The van der Waals surface area contributed by atoms with Crippen LogP contribution in [0.3, 0.4) is 0 Å². The number of ether oxygens (including phenoxy) is 1. The lowest BCUT2D eigenvalue weighted by molar-refractivity contribution is 0.104. The maximum absolute atomic E-state index is 13.5. The van der Waals surface area contributed by atoms with Crippen LogP contribution in [0.15, 0.2) is 100 Å². The molecule has 3 aromatic carbocycles. The van der Waals surface area contributed by atoms with Crippen molar-refractivity contribution in [1.82, 2.24) is 0 Å². The topological polar surface area (TPSA) is 29.5 Å². The number of thioether (sulfide) groups is 1. The van der Waals surface area contributed by atoms with E-state index < -0.39 is 0 Å². The van der Waals surface area contributed by atoms with Gasteiger partial charge in [-0.1, -0.05) is 60.3 Å². The quantitative estimate of drug-likeness (QED) is 0.220. The van der Waals surface area contributed by atoms with Crippen molar-refractivity contribution in [3.8, 4) is 5.75 Å². The number of nitrogens with zero attached hydrogens (tertiary/aromatic N) is 1. The molecule has 0 aliphatic carbocycles. The predicted molar refractivity (Wildman–Crippen MR) is 134 cm³/mol. The first-order valence-electron chi connectivity index (χ1n) is 10.9. The Morgan fingerprint density at radius 1 is 0.906 bits per heavy atom. The molecule has 0 radical (unpaired) electrons. The second-order valence-corrected chi connectivity index (χ2v) is 8.67. The SMILES string of the molecule is CCN(CC)c1ccc2c(c1)O/C(=C(/Sc1ccccc1)C(=O)c1ccccc1)C=C2C. The molecule has 162 valence electrons. The van der Waals surface area contributed by atoms with Crippen molar-refractivity contribution < 1.29 is 9.53 Å². The minimum Gasteiger partial charge on any atom is -0.455 e. The van der Waals surface area contributed by atoms with E-state index in [4.69, 9.17) is 4.74 Å². The van der Waals surface area contributed by atoms with Crippen molar-refractivity contribution in [2.24, 2.45) is 0 Å². The molecule has 0 spiro atoms. The third-order valence-electron chi connectivity index (χ3n) is 5.52. The van der Waals surface area contributed by atoms with Crippen LogP contribution in [0.25, 0.3) is 5.57 Å². The summed E-state index contributed by atoms with van der Waals surface area (Å²) in [6.07, 6.45) is 1.98. The van der Waals surface area contributed by atoms with E-state index in [1.54, 1.807) is 0 Å². The molecule has 0 saturated heterocycles. The smallest absolute Gasteiger partial charge is 0.203 e. The molecule has 0 aromatic heterocycles. The zero-order valence-corrected chi connectivity index (χ0v) is 19.5. The summed E-state index contributed by atoms with van der Waals surface area (Å²) < 4.78 is 6.39. The Hall–Kier alpha value is -3.24. The fourth-order valence-electron chi connectivity index (χ4n) is 3.78. The van der Waals surface area contributed by atoms with E-state index in [0.717, 1.165) is 40.6 Å². The van der Waals surface area contributed by atoms with Crippen molar-refractivity contribution in [3.05, 3.63) is 107 Å². The van der Waals surface area contributed by atoms with Gasteiger partial charge in [-0.3, -0.25) is 4.79 Å². The maximum Gasteiger partial charge on any atom is 0.203 e. The Morgan fingerprint density at radius 2 is 1.56 bits per heavy atom. The molecule has 1 heterocycles. The number of rotatable bonds is 7. The molecule has 0 fully saturated rings. The van der Waals surface area contributed by atoms with Gasteiger partial charge in [0.1, 0.15) is 16.4 Å². The molecule has 4 heteroatoms. The first-order valence-corrected chi connectivity index (χ1v) is 11.7. The van der Waals surface area contributed by atoms with Crippen molar-refractivity contribution >= 4 is 28.8 Å². The standard InChI is InChI=1S/C28H27NO2S/c1-4-29(5-2)22-16-17-24-20(3)18-26(31-25(24)19-22)28(32-23-14-10-7-11-15-23)27(30)21-12-8-6-9-13-21/h6-19H,4-5H2,1-3H3/b28-26+. The van der Waals surface area contributed by atoms with Crippen molar-refractivity contribution in [2.75, 3.05) is 18.0 Å². The monoisotopic (exact) mass is 441 g/mol. The van der Waals surface area contributed by atoms with Gasteiger partial charge in [0.15, 0.2) is 0 Å². The van der Waals surface area contributed by atoms with Crippen molar-refractivity contribution in [1.29, 1.82) is 0 Å². The third kappa shape index (κ3) is 4.66. The summed E-state index contributed by atoms with van der Waals surface area (Å²) in [5, 5.41) is 0. The second-order valence-electron chi connectivity index (χ2n) is 7.59. The third-order valence-corrected chi connectivity index (χ3v) is 6.61. The number of carbonyl (C=O) groups is 1. The van der Waals surface area contributed by atoms with Gasteiger partial charge in [0.05, 0.1) is 0 Å². The van der Waals surface area contributed by atoms with E-state index in [-0.39, 0.29) is 5.78 Å². The molecule has 32 heavy (non-hydrogen) atoms. The highest BCUT2D eigenvalue weighted by molar-refractivity contribution is 8.04. The Labute approximate surface area is 194 Å². The zero-order valence-electron chi connectivity index (χ0n) is 18.7. The summed E-state index contributed by atoms with van der Waals surface area (Å²) in [5.41, 5.74) is 3.91. The van der Waals surface area contributed by atoms with Crippen LogP contribution in [-0.4, -0.2) is 18.9 Å². The minimum absolute atomic E-state index is 0.0400. The highest BCUT2D eigenvalue weighted by Gasteiger charge is 2.24. The van der Waals surface area contributed by atoms with Crippen LogP contribution in [0.1, 0.15) is 36.7 Å². The van der Waals surface area contributed by atoms with E-state index in [9.17, 15) is 4.79 Å². The number of carbonyl (C=O) groups excluding carboxylic acids is 1. The number of hydrogen-bond donors (Lipinski definition) is 0. The molecule has 0 N–H and O–H groups in total. The maximum atomic E-state index is 13.5. The first kappa shape index (κ1) is 22.0. The lowest BCUT2D eigenvalue weighted by Gasteiger charge is -2.25. The van der Waals surface area contributed by atoms with E-state index in [1.807, 2.05) is 66.7 Å². The number of Topliss-reactive ketones (excluding diaryl/α,β-unsaturated/α-hetero) is 1. The molecule has 1 aliphatic heterocycles. The average molecular weight is 442 g/mol. The normalized spacial score (nSPS) is 14.2. The molecule has 0 amide bonds. The van der Waals surface area contributed by atoms with E-state index in [0.29, 0.717) is 16.2 Å². The summed E-state index contributed by atoms with van der Waals surface area (Å²) in [5.74, 6) is 1.34. The van der Waals surface area contributed by atoms with Gasteiger partial charge >= 0.3 is 0 Å². The van der Waals surface area contributed by atoms with Crippen LogP contribution < -0.4 is 9.64 Å². The number of benzene rings is 3. The Bertz CT molecular complexity index is 1160. The molecule has 1 aliphatic rings. The molecule has 0 saturated carbocycles. The highest BCUT2D eigenvalue weighted by atomic mass is 32.2. The summed E-state index contributed by atoms with van der Waals surface area (Å²) >= 11 is 1.44. The largest absolute Gasteiger partial charge is 0.455 e. The van der Waals surface area contributed by atoms with E-state index >= 15 is 0 Å². The van der Waals surface area contributed by atoms with Crippen LogP contribution in [0.4, 0.5) is 5.69 Å². The van der Waals surface area contributed by atoms with Crippen molar-refractivity contribution in [2.45, 2.75) is 25.7 Å². The molecule has 4 rings (SSSR count). The van der Waals surface area contributed by atoms with Gasteiger partial charge in [-0.25, -0.2) is 0 Å². The lowest BCUT2D eigenvalue weighted by Crippen LogP contribution is -2.22.